The van der Waals surface area contributed by atoms with Crippen LogP contribution in [0.15, 0.2) is 24.3 Å². The average Bonchev–Trinajstić information content (AvgIpc) is 3.21. The predicted molar refractivity (Wildman–Crippen MR) is 81.3 cm³/mol. The fourth-order valence-electron chi connectivity index (χ4n) is 4.25. The molecule has 0 spiro atoms. The van der Waals surface area contributed by atoms with Crippen molar-refractivity contribution in [1.82, 2.24) is 5.43 Å². The molecule has 0 amide bonds. The zero-order chi connectivity index (χ0) is 14.1. The zero-order valence-electron chi connectivity index (χ0n) is 12.5. The molecular formula is C17H26N2O. The average molecular weight is 274 g/mol. The Labute approximate surface area is 121 Å². The maximum absolute atomic E-state index is 5.87. The van der Waals surface area contributed by atoms with Gasteiger partial charge in [0.1, 0.15) is 0 Å². The number of hydrogen-bond donors (Lipinski definition) is 2. The standard InChI is InChI=1S/C17H26N2O/c1-11(9-10-20-2)17(19-18)16-14-8-7-12-5-3-4-6-13(12)15(14)16/h3-6,11,14-17,19H,7-10,18H2,1-2H3. The molecular weight excluding hydrogens is 248 g/mol. The number of nitrogens with two attached hydrogens (primary N) is 1. The van der Waals surface area contributed by atoms with Gasteiger partial charge in [0.2, 0.25) is 0 Å². The number of methoxy groups -OCH3 is 1. The van der Waals surface area contributed by atoms with Crippen LogP contribution in [0, 0.1) is 17.8 Å². The highest BCUT2D eigenvalue weighted by Crippen LogP contribution is 2.62. The van der Waals surface area contributed by atoms with E-state index in [9.17, 15) is 0 Å². The van der Waals surface area contributed by atoms with E-state index in [-0.39, 0.29) is 0 Å². The first-order chi connectivity index (χ1) is 9.77. The van der Waals surface area contributed by atoms with Crippen molar-refractivity contribution in [2.75, 3.05) is 13.7 Å². The molecule has 0 aromatic heterocycles. The molecule has 110 valence electrons. The fourth-order valence-corrected chi connectivity index (χ4v) is 4.25. The molecule has 3 rings (SSSR count). The Balaban J connectivity index is 1.73. The number of rotatable bonds is 6. The van der Waals surface area contributed by atoms with E-state index in [1.54, 1.807) is 18.2 Å². The van der Waals surface area contributed by atoms with E-state index in [4.69, 9.17) is 10.6 Å². The monoisotopic (exact) mass is 274 g/mol. The Morgan fingerprint density at radius 2 is 2.20 bits per heavy atom. The molecule has 1 saturated carbocycles. The smallest absolute Gasteiger partial charge is 0.0465 e. The van der Waals surface area contributed by atoms with Crippen molar-refractivity contribution in [3.8, 4) is 0 Å². The van der Waals surface area contributed by atoms with Gasteiger partial charge in [0, 0.05) is 19.8 Å². The van der Waals surface area contributed by atoms with Crippen molar-refractivity contribution in [3.63, 3.8) is 0 Å². The Kier molecular flexibility index (Phi) is 4.11. The summed E-state index contributed by atoms with van der Waals surface area (Å²) in [6.45, 7) is 3.11. The zero-order valence-corrected chi connectivity index (χ0v) is 12.5. The Hall–Kier alpha value is -0.900. The molecule has 0 saturated heterocycles. The summed E-state index contributed by atoms with van der Waals surface area (Å²) in [5, 5.41) is 0. The number of aryl methyl sites for hydroxylation is 1. The van der Waals surface area contributed by atoms with Gasteiger partial charge in [0.25, 0.3) is 0 Å². The largest absolute Gasteiger partial charge is 0.385 e. The lowest BCUT2D eigenvalue weighted by molar-refractivity contribution is 0.165. The van der Waals surface area contributed by atoms with E-state index < -0.39 is 0 Å². The molecule has 3 nitrogen and oxygen atoms in total. The molecule has 1 aromatic rings. The van der Waals surface area contributed by atoms with E-state index in [2.05, 4.69) is 36.6 Å². The van der Waals surface area contributed by atoms with Gasteiger partial charge in [-0.1, -0.05) is 31.2 Å². The molecule has 0 heterocycles. The number of benzene rings is 1. The van der Waals surface area contributed by atoms with Gasteiger partial charge in [-0.2, -0.15) is 0 Å². The van der Waals surface area contributed by atoms with Gasteiger partial charge >= 0.3 is 0 Å². The minimum Gasteiger partial charge on any atom is -0.385 e. The third kappa shape index (κ3) is 2.39. The molecule has 3 heteroatoms. The third-order valence-electron chi connectivity index (χ3n) is 5.39. The summed E-state index contributed by atoms with van der Waals surface area (Å²) in [7, 11) is 1.77. The summed E-state index contributed by atoms with van der Waals surface area (Å²) >= 11 is 0. The van der Waals surface area contributed by atoms with Crippen molar-refractivity contribution in [2.24, 2.45) is 23.6 Å². The van der Waals surface area contributed by atoms with Gasteiger partial charge in [-0.15, -0.1) is 0 Å². The van der Waals surface area contributed by atoms with E-state index in [0.29, 0.717) is 17.9 Å². The summed E-state index contributed by atoms with van der Waals surface area (Å²) < 4.78 is 5.21. The highest BCUT2D eigenvalue weighted by molar-refractivity contribution is 5.40. The quantitative estimate of drug-likeness (QED) is 0.619. The Bertz CT molecular complexity index is 462. The van der Waals surface area contributed by atoms with Crippen LogP contribution in [-0.4, -0.2) is 19.8 Å². The van der Waals surface area contributed by atoms with Crippen LogP contribution in [0.25, 0.3) is 0 Å². The second-order valence-corrected chi connectivity index (χ2v) is 6.46. The van der Waals surface area contributed by atoms with Gasteiger partial charge < -0.3 is 4.74 Å². The minimum absolute atomic E-state index is 0.409. The fraction of sp³-hybridized carbons (Fsp3) is 0.647. The topological polar surface area (TPSA) is 47.3 Å². The van der Waals surface area contributed by atoms with E-state index in [0.717, 1.165) is 24.9 Å². The van der Waals surface area contributed by atoms with Crippen LogP contribution < -0.4 is 11.3 Å². The molecule has 2 aliphatic rings. The molecule has 3 N–H and O–H groups in total. The highest BCUT2D eigenvalue weighted by Gasteiger charge is 2.56. The van der Waals surface area contributed by atoms with Crippen molar-refractivity contribution in [1.29, 1.82) is 0 Å². The van der Waals surface area contributed by atoms with Crippen molar-refractivity contribution in [3.05, 3.63) is 35.4 Å². The molecule has 1 aromatic carbocycles. The number of ether oxygens (including phenoxy) is 1. The Morgan fingerprint density at radius 3 is 2.95 bits per heavy atom. The van der Waals surface area contributed by atoms with Crippen LogP contribution in [0.4, 0.5) is 0 Å². The lowest BCUT2D eigenvalue weighted by Crippen LogP contribution is -2.42. The summed E-state index contributed by atoms with van der Waals surface area (Å²) in [4.78, 5) is 0. The van der Waals surface area contributed by atoms with Crippen LogP contribution >= 0.6 is 0 Å². The van der Waals surface area contributed by atoms with Gasteiger partial charge in [-0.05, 0) is 54.1 Å². The second kappa shape index (κ2) is 5.84. The van der Waals surface area contributed by atoms with E-state index in [1.165, 1.54) is 12.8 Å². The van der Waals surface area contributed by atoms with E-state index >= 15 is 0 Å². The molecule has 20 heavy (non-hydrogen) atoms. The van der Waals surface area contributed by atoms with Gasteiger partial charge in [-0.3, -0.25) is 11.3 Å². The predicted octanol–water partition coefficient (Wildman–Crippen LogP) is 2.47. The first-order valence-electron chi connectivity index (χ1n) is 7.80. The molecule has 0 aliphatic heterocycles. The summed E-state index contributed by atoms with van der Waals surface area (Å²) in [6.07, 6.45) is 3.63. The van der Waals surface area contributed by atoms with Crippen LogP contribution in [0.3, 0.4) is 0 Å². The summed E-state index contributed by atoms with van der Waals surface area (Å²) in [5.74, 6) is 8.69. The molecule has 1 fully saturated rings. The second-order valence-electron chi connectivity index (χ2n) is 6.46. The van der Waals surface area contributed by atoms with E-state index in [1.807, 2.05) is 0 Å². The molecule has 0 bridgehead atoms. The maximum atomic E-state index is 5.87. The number of nitrogens with one attached hydrogen (secondary N) is 1. The number of fused-ring (bicyclic) bond motifs is 3. The lowest BCUT2D eigenvalue weighted by atomic mass is 9.91. The van der Waals surface area contributed by atoms with Crippen LogP contribution in [0.5, 0.6) is 0 Å². The van der Waals surface area contributed by atoms with Crippen LogP contribution in [0.1, 0.15) is 36.8 Å². The normalized spacial score (nSPS) is 30.2. The number of hydrazine groups is 1. The molecule has 5 atom stereocenters. The van der Waals surface area contributed by atoms with Crippen molar-refractivity contribution < 1.29 is 4.74 Å². The Morgan fingerprint density at radius 1 is 1.40 bits per heavy atom. The maximum Gasteiger partial charge on any atom is 0.0465 e. The molecule has 2 aliphatic carbocycles. The first-order valence-corrected chi connectivity index (χ1v) is 7.80. The van der Waals surface area contributed by atoms with Crippen LogP contribution in [-0.2, 0) is 11.2 Å². The van der Waals surface area contributed by atoms with Gasteiger partial charge in [0.05, 0.1) is 0 Å². The number of hydrogen-bond acceptors (Lipinski definition) is 3. The molecule has 5 unspecified atom stereocenters. The van der Waals surface area contributed by atoms with Gasteiger partial charge in [-0.25, -0.2) is 0 Å². The summed E-state index contributed by atoms with van der Waals surface area (Å²) in [6, 6.07) is 9.36. The van der Waals surface area contributed by atoms with Crippen LogP contribution in [0.2, 0.25) is 0 Å². The summed E-state index contributed by atoms with van der Waals surface area (Å²) in [5.41, 5.74) is 6.23. The van der Waals surface area contributed by atoms with Crippen molar-refractivity contribution >= 4 is 0 Å². The van der Waals surface area contributed by atoms with Gasteiger partial charge in [0.15, 0.2) is 0 Å². The highest BCUT2D eigenvalue weighted by atomic mass is 16.5. The minimum atomic E-state index is 0.409. The molecule has 0 radical (unpaired) electrons. The SMILES string of the molecule is COCCC(C)C(NN)C1C2CCc3ccccc3C21. The third-order valence-corrected chi connectivity index (χ3v) is 5.39. The lowest BCUT2D eigenvalue weighted by Gasteiger charge is -2.23. The first kappa shape index (κ1) is 14.1. The van der Waals surface area contributed by atoms with Crippen molar-refractivity contribution in [2.45, 2.75) is 38.1 Å².